The summed E-state index contributed by atoms with van der Waals surface area (Å²) in [6.07, 6.45) is 0.104. The molecule has 0 aliphatic carbocycles. The molecule has 6 nitrogen and oxygen atoms in total. The van der Waals surface area contributed by atoms with E-state index in [-0.39, 0.29) is 25.1 Å². The Bertz CT molecular complexity index is 666. The van der Waals surface area contributed by atoms with Crippen LogP contribution in [0.1, 0.15) is 18.4 Å². The van der Waals surface area contributed by atoms with Crippen molar-refractivity contribution in [2.75, 3.05) is 18.0 Å². The minimum atomic E-state index is -3.68. The lowest BCUT2D eigenvalue weighted by molar-refractivity contribution is -0.142. The van der Waals surface area contributed by atoms with E-state index in [2.05, 4.69) is 21.2 Å². The maximum Gasteiger partial charge on any atom is 0.352 e. The van der Waals surface area contributed by atoms with Gasteiger partial charge in [0.1, 0.15) is 6.54 Å². The number of alkyl halides is 2. The molecule has 0 saturated heterocycles. The average molecular weight is 391 g/mol. The van der Waals surface area contributed by atoms with Crippen molar-refractivity contribution in [1.82, 2.24) is 5.32 Å². The molecule has 2 amide bonds. The first-order valence-electron chi connectivity index (χ1n) is 6.72. The summed E-state index contributed by atoms with van der Waals surface area (Å²) in [6.45, 7) is -0.452. The summed E-state index contributed by atoms with van der Waals surface area (Å²) in [7, 11) is 0. The molecule has 23 heavy (non-hydrogen) atoms. The van der Waals surface area contributed by atoms with Gasteiger partial charge < -0.3 is 10.4 Å². The van der Waals surface area contributed by atoms with Gasteiger partial charge in [-0.1, -0.05) is 15.9 Å². The second kappa shape index (κ2) is 6.61. The van der Waals surface area contributed by atoms with E-state index in [0.29, 0.717) is 4.47 Å². The summed E-state index contributed by atoms with van der Waals surface area (Å²) in [5, 5.41) is 10.9. The highest BCUT2D eigenvalue weighted by Crippen LogP contribution is 2.44. The van der Waals surface area contributed by atoms with Crippen molar-refractivity contribution >= 4 is 39.4 Å². The SMILES string of the molecule is O=C(O)CCCNC(=O)CN1C(=O)C(F)(F)c2cc(Br)ccc21. The predicted octanol–water partition coefficient (Wildman–Crippen LogP) is 1.87. The Labute approximate surface area is 138 Å². The quantitative estimate of drug-likeness (QED) is 0.725. The predicted molar refractivity (Wildman–Crippen MR) is 80.3 cm³/mol. The fraction of sp³-hybridized carbons (Fsp3) is 0.357. The molecule has 2 rings (SSSR count). The molecule has 0 atom stereocenters. The van der Waals surface area contributed by atoms with E-state index < -0.39 is 35.8 Å². The number of aliphatic carboxylic acids is 1. The number of carboxylic acids is 1. The molecule has 0 fully saturated rings. The average Bonchev–Trinajstić information content (AvgIpc) is 2.65. The topological polar surface area (TPSA) is 86.7 Å². The molecule has 1 heterocycles. The summed E-state index contributed by atoms with van der Waals surface area (Å²) >= 11 is 3.07. The Balaban J connectivity index is 2.05. The zero-order valence-electron chi connectivity index (χ0n) is 11.8. The lowest BCUT2D eigenvalue weighted by Crippen LogP contribution is -2.42. The highest BCUT2D eigenvalue weighted by Gasteiger charge is 2.53. The van der Waals surface area contributed by atoms with Gasteiger partial charge in [0.2, 0.25) is 5.91 Å². The third kappa shape index (κ3) is 3.66. The van der Waals surface area contributed by atoms with E-state index in [1.807, 2.05) is 0 Å². The Kier molecular flexibility index (Phi) is 4.98. The highest BCUT2D eigenvalue weighted by atomic mass is 79.9. The maximum atomic E-state index is 14.0. The molecule has 0 saturated carbocycles. The van der Waals surface area contributed by atoms with Gasteiger partial charge in [-0.25, -0.2) is 0 Å². The monoisotopic (exact) mass is 390 g/mol. The van der Waals surface area contributed by atoms with Gasteiger partial charge in [-0.15, -0.1) is 0 Å². The van der Waals surface area contributed by atoms with Crippen LogP contribution in [-0.4, -0.2) is 36.0 Å². The minimum Gasteiger partial charge on any atom is -0.481 e. The molecule has 124 valence electrons. The molecule has 0 bridgehead atoms. The maximum absolute atomic E-state index is 14.0. The summed E-state index contributed by atoms with van der Waals surface area (Å²) in [6, 6.07) is 4.00. The van der Waals surface area contributed by atoms with Crippen LogP contribution in [-0.2, 0) is 20.3 Å². The molecule has 0 unspecified atom stereocenters. The van der Waals surface area contributed by atoms with Crippen LogP contribution in [0.15, 0.2) is 22.7 Å². The van der Waals surface area contributed by atoms with Crippen LogP contribution in [0.2, 0.25) is 0 Å². The molecule has 0 aromatic heterocycles. The zero-order valence-corrected chi connectivity index (χ0v) is 13.4. The van der Waals surface area contributed by atoms with Crippen molar-refractivity contribution in [1.29, 1.82) is 0 Å². The highest BCUT2D eigenvalue weighted by molar-refractivity contribution is 9.10. The van der Waals surface area contributed by atoms with Crippen LogP contribution < -0.4 is 10.2 Å². The summed E-state index contributed by atoms with van der Waals surface area (Å²) in [4.78, 5) is 34.7. The van der Waals surface area contributed by atoms with Gasteiger partial charge in [-0.3, -0.25) is 19.3 Å². The summed E-state index contributed by atoms with van der Waals surface area (Å²) in [5.74, 6) is -6.75. The lowest BCUT2D eigenvalue weighted by Gasteiger charge is -2.17. The van der Waals surface area contributed by atoms with E-state index in [4.69, 9.17) is 5.11 Å². The number of anilines is 1. The van der Waals surface area contributed by atoms with E-state index in [1.54, 1.807) is 0 Å². The second-order valence-electron chi connectivity index (χ2n) is 4.97. The molecule has 1 aliphatic rings. The number of halogens is 3. The minimum absolute atomic E-state index is 0.0103. The van der Waals surface area contributed by atoms with Crippen LogP contribution in [0.3, 0.4) is 0 Å². The molecule has 9 heteroatoms. The molecule has 1 aromatic carbocycles. The molecule has 0 spiro atoms. The van der Waals surface area contributed by atoms with Crippen molar-refractivity contribution in [2.24, 2.45) is 0 Å². The van der Waals surface area contributed by atoms with E-state index in [0.717, 1.165) is 11.0 Å². The normalized spacial score (nSPS) is 15.4. The van der Waals surface area contributed by atoms with Gasteiger partial charge in [0.15, 0.2) is 0 Å². The number of hydrogen-bond acceptors (Lipinski definition) is 3. The number of fused-ring (bicyclic) bond motifs is 1. The first-order valence-corrected chi connectivity index (χ1v) is 7.51. The first kappa shape index (κ1) is 17.3. The molecular weight excluding hydrogens is 378 g/mol. The fourth-order valence-electron chi connectivity index (χ4n) is 2.21. The van der Waals surface area contributed by atoms with Gasteiger partial charge in [0.05, 0.1) is 11.3 Å². The fourth-order valence-corrected chi connectivity index (χ4v) is 2.57. The third-order valence-corrected chi connectivity index (χ3v) is 3.79. The van der Waals surface area contributed by atoms with E-state index in [9.17, 15) is 23.2 Å². The van der Waals surface area contributed by atoms with Gasteiger partial charge in [0, 0.05) is 17.4 Å². The van der Waals surface area contributed by atoms with Crippen LogP contribution in [0.4, 0.5) is 14.5 Å². The Morgan fingerprint density at radius 1 is 1.35 bits per heavy atom. The smallest absolute Gasteiger partial charge is 0.352 e. The van der Waals surface area contributed by atoms with Gasteiger partial charge in [-0.2, -0.15) is 8.78 Å². The van der Waals surface area contributed by atoms with Crippen LogP contribution >= 0.6 is 15.9 Å². The summed E-state index contributed by atoms with van der Waals surface area (Å²) in [5.41, 5.74) is -0.459. The Morgan fingerprint density at radius 3 is 2.70 bits per heavy atom. The Morgan fingerprint density at radius 2 is 2.04 bits per heavy atom. The number of carboxylic acid groups (broad SMARTS) is 1. The zero-order chi connectivity index (χ0) is 17.2. The van der Waals surface area contributed by atoms with Crippen molar-refractivity contribution in [3.63, 3.8) is 0 Å². The van der Waals surface area contributed by atoms with Crippen LogP contribution in [0.5, 0.6) is 0 Å². The Hall–Kier alpha value is -2.03. The molecular formula is C14H13BrF2N2O4. The van der Waals surface area contributed by atoms with Crippen LogP contribution in [0.25, 0.3) is 0 Å². The number of carbonyl (C=O) groups is 3. The summed E-state index contributed by atoms with van der Waals surface area (Å²) < 4.78 is 28.4. The first-order chi connectivity index (χ1) is 10.7. The number of carbonyl (C=O) groups excluding carboxylic acids is 2. The van der Waals surface area contributed by atoms with Crippen molar-refractivity contribution in [2.45, 2.75) is 18.8 Å². The number of benzene rings is 1. The standard InChI is InChI=1S/C14H13BrF2N2O4/c15-8-3-4-10-9(6-8)14(16,17)13(23)19(10)7-11(20)18-5-1-2-12(21)22/h3-4,6H,1-2,5,7H2,(H,18,20)(H,21,22). The molecule has 1 aliphatic heterocycles. The molecule has 2 N–H and O–H groups in total. The number of rotatable bonds is 6. The molecule has 0 radical (unpaired) electrons. The number of nitrogens with zero attached hydrogens (tertiary/aromatic N) is 1. The van der Waals surface area contributed by atoms with Gasteiger partial charge in [0.25, 0.3) is 0 Å². The van der Waals surface area contributed by atoms with Gasteiger partial charge in [-0.05, 0) is 24.6 Å². The van der Waals surface area contributed by atoms with Crippen molar-refractivity contribution in [3.8, 4) is 0 Å². The largest absolute Gasteiger partial charge is 0.481 e. The number of nitrogens with one attached hydrogen (secondary N) is 1. The van der Waals surface area contributed by atoms with E-state index in [1.165, 1.54) is 12.1 Å². The number of amides is 2. The second-order valence-corrected chi connectivity index (χ2v) is 5.89. The number of hydrogen-bond donors (Lipinski definition) is 2. The van der Waals surface area contributed by atoms with Crippen molar-refractivity contribution in [3.05, 3.63) is 28.2 Å². The lowest BCUT2D eigenvalue weighted by atomic mass is 10.1. The molecule has 1 aromatic rings. The van der Waals surface area contributed by atoms with Crippen LogP contribution in [0, 0.1) is 0 Å². The van der Waals surface area contributed by atoms with Crippen molar-refractivity contribution < 1.29 is 28.3 Å². The van der Waals surface area contributed by atoms with Gasteiger partial charge >= 0.3 is 17.8 Å². The van der Waals surface area contributed by atoms with E-state index >= 15 is 0 Å². The third-order valence-electron chi connectivity index (χ3n) is 3.29.